The van der Waals surface area contributed by atoms with Crippen LogP contribution in [-0.4, -0.2) is 36.5 Å². The maximum Gasteiger partial charge on any atom is 0.252 e. The molecule has 2 aliphatic carbocycles. The Labute approximate surface area is 168 Å². The van der Waals surface area contributed by atoms with Crippen molar-refractivity contribution in [1.82, 2.24) is 24.5 Å². The lowest BCUT2D eigenvalue weighted by molar-refractivity contribution is -0.0794. The predicted molar refractivity (Wildman–Crippen MR) is 109 cm³/mol. The third kappa shape index (κ3) is 3.07. The fourth-order valence-electron chi connectivity index (χ4n) is 4.29. The molecule has 1 fully saturated rings. The summed E-state index contributed by atoms with van der Waals surface area (Å²) in [6.07, 6.45) is 6.09. The van der Waals surface area contributed by atoms with E-state index in [2.05, 4.69) is 55.8 Å². The molecule has 0 aromatic carbocycles. The minimum atomic E-state index is -2.56. The Balaban J connectivity index is 0.00000218. The van der Waals surface area contributed by atoms with Crippen LogP contribution in [0.1, 0.15) is 56.8 Å². The Morgan fingerprint density at radius 3 is 2.72 bits per heavy atom. The van der Waals surface area contributed by atoms with Crippen LogP contribution in [0.4, 0.5) is 14.7 Å². The van der Waals surface area contributed by atoms with Gasteiger partial charge < -0.3 is 9.88 Å². The Bertz CT molecular complexity index is 1150. The number of pyridine rings is 1. The second kappa shape index (κ2) is 6.30. The van der Waals surface area contributed by atoms with Crippen molar-refractivity contribution in [3.63, 3.8) is 0 Å². The Morgan fingerprint density at radius 1 is 1.21 bits per heavy atom. The quantitative estimate of drug-likeness (QED) is 0.698. The molecule has 2 aliphatic rings. The Kier molecular flexibility index (Phi) is 3.94. The lowest BCUT2D eigenvalue weighted by Gasteiger charge is -2.35. The number of nitrogens with one attached hydrogen (secondary N) is 1. The minimum absolute atomic E-state index is 0. The van der Waals surface area contributed by atoms with Gasteiger partial charge in [0.15, 0.2) is 5.65 Å². The summed E-state index contributed by atoms with van der Waals surface area (Å²) in [6.45, 7) is 6.25. The molecule has 29 heavy (non-hydrogen) atoms. The summed E-state index contributed by atoms with van der Waals surface area (Å²) in [7, 11) is 0. The van der Waals surface area contributed by atoms with Crippen LogP contribution in [-0.2, 0) is 6.42 Å². The molecule has 5 rings (SSSR count). The first-order valence-corrected chi connectivity index (χ1v) is 9.86. The van der Waals surface area contributed by atoms with Crippen molar-refractivity contribution < 1.29 is 10.2 Å². The van der Waals surface area contributed by atoms with E-state index in [-0.39, 0.29) is 26.4 Å². The van der Waals surface area contributed by atoms with E-state index in [1.807, 2.05) is 13.1 Å². The molecule has 3 aromatic rings. The van der Waals surface area contributed by atoms with Gasteiger partial charge in [-0.1, -0.05) is 6.08 Å². The third-order valence-corrected chi connectivity index (χ3v) is 5.63. The third-order valence-electron chi connectivity index (χ3n) is 5.63. The van der Waals surface area contributed by atoms with Crippen molar-refractivity contribution in [2.75, 3.05) is 5.32 Å². The van der Waals surface area contributed by atoms with Crippen LogP contribution in [0, 0.1) is 6.92 Å². The van der Waals surface area contributed by atoms with Crippen molar-refractivity contribution in [2.24, 2.45) is 0 Å². The maximum absolute atomic E-state index is 13.0. The maximum atomic E-state index is 13.0. The number of nitrogens with zero attached hydrogens (tertiary/aromatic N) is 5. The molecule has 0 unspecified atom stereocenters. The number of allylic oxidation sites excluding steroid dienone is 1. The van der Waals surface area contributed by atoms with Gasteiger partial charge in [0.1, 0.15) is 5.82 Å². The monoisotopic (exact) mass is 398 g/mol. The lowest BCUT2D eigenvalue weighted by atomic mass is 9.88. The topological polar surface area (TPSA) is 68.5 Å². The first-order valence-electron chi connectivity index (χ1n) is 9.86. The highest BCUT2D eigenvalue weighted by atomic mass is 19.3. The second-order valence-corrected chi connectivity index (χ2v) is 8.17. The Morgan fingerprint density at radius 2 is 2.00 bits per heavy atom. The molecule has 0 bridgehead atoms. The number of hydrogen-bond acceptors (Lipinski definition) is 5. The molecule has 152 valence electrons. The van der Waals surface area contributed by atoms with Crippen molar-refractivity contribution in [2.45, 2.75) is 58.0 Å². The van der Waals surface area contributed by atoms with E-state index in [9.17, 15) is 8.78 Å². The number of aryl methyl sites for hydroxylation is 1. The van der Waals surface area contributed by atoms with Gasteiger partial charge in [-0.3, -0.25) is 0 Å². The normalized spacial score (nSPS) is 18.1. The summed E-state index contributed by atoms with van der Waals surface area (Å²) in [4.78, 5) is 18.0. The molecular formula is C21H24F2N6. The van der Waals surface area contributed by atoms with Crippen LogP contribution in [0.2, 0.25) is 0 Å². The predicted octanol–water partition coefficient (Wildman–Crippen LogP) is 4.55. The molecule has 3 aromatic heterocycles. The summed E-state index contributed by atoms with van der Waals surface area (Å²) in [5.41, 5.74) is 5.66. The van der Waals surface area contributed by atoms with E-state index in [4.69, 9.17) is 0 Å². The number of halogens is 2. The summed E-state index contributed by atoms with van der Waals surface area (Å²) in [5, 5.41) is 3.02. The molecule has 6 nitrogen and oxygen atoms in total. The van der Waals surface area contributed by atoms with Gasteiger partial charge in [0.05, 0.1) is 11.2 Å². The van der Waals surface area contributed by atoms with E-state index in [0.717, 1.165) is 39.4 Å². The van der Waals surface area contributed by atoms with Gasteiger partial charge in [-0.05, 0) is 32.4 Å². The van der Waals surface area contributed by atoms with Crippen molar-refractivity contribution in [1.29, 1.82) is 0 Å². The van der Waals surface area contributed by atoms with Gasteiger partial charge in [0, 0.05) is 56.3 Å². The summed E-state index contributed by atoms with van der Waals surface area (Å²) in [5.74, 6) is -1.20. The van der Waals surface area contributed by atoms with Crippen molar-refractivity contribution in [3.8, 4) is 0 Å². The molecule has 3 heterocycles. The minimum Gasteiger partial charge on any atom is -0.351 e. The lowest BCUT2D eigenvalue weighted by Crippen LogP contribution is -2.44. The number of imidazole rings is 1. The molecule has 1 N–H and O–H groups in total. The van der Waals surface area contributed by atoms with Crippen LogP contribution >= 0.6 is 0 Å². The highest BCUT2D eigenvalue weighted by molar-refractivity contribution is 5.87. The van der Waals surface area contributed by atoms with Crippen LogP contribution in [0.5, 0.6) is 0 Å². The highest BCUT2D eigenvalue weighted by Gasteiger charge is 2.45. The Hall–Kier alpha value is -2.90. The second-order valence-electron chi connectivity index (χ2n) is 8.17. The van der Waals surface area contributed by atoms with Gasteiger partial charge >= 0.3 is 0 Å². The number of alkyl halides is 2. The van der Waals surface area contributed by atoms with E-state index in [0.29, 0.717) is 12.4 Å². The van der Waals surface area contributed by atoms with Gasteiger partial charge in [0.2, 0.25) is 5.95 Å². The number of anilines is 1. The largest absolute Gasteiger partial charge is 0.351 e. The first-order chi connectivity index (χ1) is 13.8. The molecule has 0 aliphatic heterocycles. The van der Waals surface area contributed by atoms with Crippen molar-refractivity contribution in [3.05, 3.63) is 47.2 Å². The van der Waals surface area contributed by atoms with Gasteiger partial charge in [-0.25, -0.2) is 28.7 Å². The van der Waals surface area contributed by atoms with Crippen LogP contribution < -0.4 is 5.32 Å². The van der Waals surface area contributed by atoms with Gasteiger partial charge in [-0.15, -0.1) is 0 Å². The zero-order valence-electron chi connectivity index (χ0n) is 16.6. The summed E-state index contributed by atoms with van der Waals surface area (Å²) in [6, 6.07) is 2.15. The molecule has 0 spiro atoms. The molecule has 0 atom stereocenters. The average molecular weight is 398 g/mol. The van der Waals surface area contributed by atoms with E-state index in [1.165, 1.54) is 0 Å². The first kappa shape index (κ1) is 18.1. The number of aromatic nitrogens is 5. The zero-order chi connectivity index (χ0) is 20.3. The summed E-state index contributed by atoms with van der Waals surface area (Å²) >= 11 is 0. The SMILES string of the molecule is Cc1nc2ncc(C3=CCc4nc(NC5CC(F)(F)C5)ncc43)cc2n1C(C)C.[HH]. The average Bonchev–Trinajstić information content (AvgIpc) is 3.19. The number of fused-ring (bicyclic) bond motifs is 2. The molecule has 0 amide bonds. The molecular weight excluding hydrogens is 374 g/mol. The standard InChI is InChI=1S/C21H22F2N6.H2/c1-11(2)29-12(3)26-19-18(29)6-13(9-24-19)15-4-5-17-16(15)10-25-20(28-17)27-14-7-21(22,23)8-14;/h4,6,9-11,14H,5,7-8H2,1-3H3,(H,25,27,28);1H. The van der Waals surface area contributed by atoms with E-state index >= 15 is 0 Å². The fraction of sp³-hybridized carbons (Fsp3) is 0.429. The smallest absolute Gasteiger partial charge is 0.252 e. The summed E-state index contributed by atoms with van der Waals surface area (Å²) < 4.78 is 28.3. The van der Waals surface area contributed by atoms with Crippen molar-refractivity contribution >= 4 is 22.7 Å². The number of hydrogen-bond donors (Lipinski definition) is 1. The van der Waals surface area contributed by atoms with Gasteiger partial charge in [-0.2, -0.15) is 0 Å². The molecule has 8 heteroatoms. The van der Waals surface area contributed by atoms with E-state index in [1.54, 1.807) is 6.20 Å². The van der Waals surface area contributed by atoms with E-state index < -0.39 is 5.92 Å². The van der Waals surface area contributed by atoms with Crippen LogP contribution in [0.3, 0.4) is 0 Å². The molecule has 1 saturated carbocycles. The van der Waals surface area contributed by atoms with Gasteiger partial charge in [0.25, 0.3) is 5.92 Å². The number of rotatable bonds is 4. The fourth-order valence-corrected chi connectivity index (χ4v) is 4.29. The highest BCUT2D eigenvalue weighted by Crippen LogP contribution is 2.39. The van der Waals surface area contributed by atoms with Crippen LogP contribution in [0.15, 0.2) is 24.5 Å². The zero-order valence-corrected chi connectivity index (χ0v) is 16.6. The molecule has 0 radical (unpaired) electrons. The molecule has 0 saturated heterocycles. The van der Waals surface area contributed by atoms with Crippen LogP contribution in [0.25, 0.3) is 16.7 Å².